The molecule has 0 saturated carbocycles. The molecule has 2 heteroatoms. The van der Waals surface area contributed by atoms with Crippen LogP contribution in [0.25, 0.3) is 11.6 Å². The van der Waals surface area contributed by atoms with E-state index in [9.17, 15) is 0 Å². The van der Waals surface area contributed by atoms with Gasteiger partial charge in [-0.3, -0.25) is 0 Å². The van der Waals surface area contributed by atoms with E-state index in [1.54, 1.807) is 0 Å². The largest absolute Gasteiger partial charge is 0.0925 e. The lowest BCUT2D eigenvalue weighted by Crippen LogP contribution is -1.98. The van der Waals surface area contributed by atoms with Gasteiger partial charge in [0, 0.05) is 19.6 Å². The molecule has 0 spiro atoms. The van der Waals surface area contributed by atoms with Crippen molar-refractivity contribution in [1.82, 2.24) is 0 Å². The zero-order valence-electron chi connectivity index (χ0n) is 15.2. The summed E-state index contributed by atoms with van der Waals surface area (Å²) in [6.45, 7) is 8.62. The number of fused-ring (bicyclic) bond motifs is 2. The topological polar surface area (TPSA) is 0 Å². The predicted molar refractivity (Wildman–Crippen MR) is 118 cm³/mol. The maximum Gasteiger partial charge on any atom is 0.0268 e. The Hall–Kier alpha value is -1.90. The summed E-state index contributed by atoms with van der Waals surface area (Å²) in [5.74, 6) is 0. The minimum atomic E-state index is 1.06. The van der Waals surface area contributed by atoms with E-state index in [-0.39, 0.29) is 0 Å². The molecule has 0 saturated heterocycles. The second-order valence-electron chi connectivity index (χ2n) is 6.74. The first-order chi connectivity index (χ1) is 12.6. The molecule has 130 valence electrons. The van der Waals surface area contributed by atoms with Crippen LogP contribution >= 0.6 is 23.5 Å². The fourth-order valence-electron chi connectivity index (χ4n) is 3.35. The average molecular weight is 375 g/mol. The molecule has 26 heavy (non-hydrogen) atoms. The smallest absolute Gasteiger partial charge is 0.0268 e. The standard InChI is InChI=1S/C24H22S2/c1-16-8-4-7-11-21(16)17(2)12-13-22-18(3)25-23-14-19-9-5-6-10-20(19)15-24(23)26-22/h4,6-8,10-15H,2,5,9H2,1,3H3/b13-12-. The first kappa shape index (κ1) is 17.5. The van der Waals surface area contributed by atoms with Crippen LogP contribution in [0.2, 0.25) is 0 Å². The van der Waals surface area contributed by atoms with Gasteiger partial charge < -0.3 is 0 Å². The van der Waals surface area contributed by atoms with E-state index in [0.29, 0.717) is 0 Å². The molecule has 1 aliphatic carbocycles. The number of thioether (sulfide) groups is 2. The monoisotopic (exact) mass is 374 g/mol. The Labute approximate surface area is 164 Å². The predicted octanol–water partition coefficient (Wildman–Crippen LogP) is 7.65. The summed E-state index contributed by atoms with van der Waals surface area (Å²) in [4.78, 5) is 5.45. The van der Waals surface area contributed by atoms with Gasteiger partial charge in [0.05, 0.1) is 0 Å². The van der Waals surface area contributed by atoms with E-state index in [2.05, 4.69) is 81.1 Å². The number of aryl methyl sites for hydroxylation is 2. The Morgan fingerprint density at radius 3 is 2.73 bits per heavy atom. The number of hydrogen-bond acceptors (Lipinski definition) is 2. The van der Waals surface area contributed by atoms with Gasteiger partial charge in [0.15, 0.2) is 0 Å². The van der Waals surface area contributed by atoms with Gasteiger partial charge in [-0.25, -0.2) is 0 Å². The van der Waals surface area contributed by atoms with Crippen LogP contribution in [-0.2, 0) is 6.42 Å². The summed E-state index contributed by atoms with van der Waals surface area (Å²) in [5.41, 5.74) is 6.42. The first-order valence-corrected chi connectivity index (χ1v) is 10.6. The van der Waals surface area contributed by atoms with E-state index >= 15 is 0 Å². The third-order valence-corrected chi connectivity index (χ3v) is 7.40. The fourth-order valence-corrected chi connectivity index (χ4v) is 5.58. The molecular weight excluding hydrogens is 352 g/mol. The summed E-state index contributed by atoms with van der Waals surface area (Å²) < 4.78 is 0. The number of benzene rings is 2. The van der Waals surface area contributed by atoms with E-state index < -0.39 is 0 Å². The third kappa shape index (κ3) is 3.49. The fraction of sp³-hybridized carbons (Fsp3) is 0.167. The first-order valence-electron chi connectivity index (χ1n) is 8.95. The van der Waals surface area contributed by atoms with E-state index in [0.717, 1.165) is 18.4 Å². The summed E-state index contributed by atoms with van der Waals surface area (Å²) in [5, 5.41) is 0. The van der Waals surface area contributed by atoms with Crippen LogP contribution in [0.5, 0.6) is 0 Å². The number of rotatable bonds is 3. The molecule has 0 unspecified atom stereocenters. The normalized spacial score (nSPS) is 15.9. The molecule has 1 aliphatic heterocycles. The minimum Gasteiger partial charge on any atom is -0.0925 e. The highest BCUT2D eigenvalue weighted by atomic mass is 32.2. The van der Waals surface area contributed by atoms with Crippen molar-refractivity contribution in [3.05, 3.63) is 93.3 Å². The lowest BCUT2D eigenvalue weighted by Gasteiger charge is -2.21. The molecule has 0 radical (unpaired) electrons. The number of allylic oxidation sites excluding steroid dienone is 5. The SMILES string of the molecule is C=C(/C=C\C1=C(C)Sc2cc3c(cc2S1)C=CCC3)c1ccccc1C. The maximum absolute atomic E-state index is 4.26. The van der Waals surface area contributed by atoms with Crippen LogP contribution in [0.3, 0.4) is 0 Å². The van der Waals surface area contributed by atoms with Crippen LogP contribution in [-0.4, -0.2) is 0 Å². The van der Waals surface area contributed by atoms with Gasteiger partial charge in [-0.2, -0.15) is 0 Å². The molecule has 0 aromatic heterocycles. The minimum absolute atomic E-state index is 1.06. The molecule has 0 bridgehead atoms. The summed E-state index contributed by atoms with van der Waals surface area (Å²) in [7, 11) is 0. The van der Waals surface area contributed by atoms with Crippen molar-refractivity contribution >= 4 is 35.2 Å². The lowest BCUT2D eigenvalue weighted by atomic mass is 9.98. The van der Waals surface area contributed by atoms with Crippen LogP contribution in [0.1, 0.15) is 35.6 Å². The Morgan fingerprint density at radius 1 is 1.08 bits per heavy atom. The van der Waals surface area contributed by atoms with Crippen molar-refractivity contribution in [3.8, 4) is 0 Å². The molecule has 0 fully saturated rings. The van der Waals surface area contributed by atoms with E-state index in [1.807, 2.05) is 23.5 Å². The Morgan fingerprint density at radius 2 is 1.88 bits per heavy atom. The molecular formula is C24H22S2. The van der Waals surface area contributed by atoms with Gasteiger partial charge in [-0.05, 0) is 72.7 Å². The molecule has 0 atom stereocenters. The van der Waals surface area contributed by atoms with E-state index in [4.69, 9.17) is 0 Å². The maximum atomic E-state index is 4.26. The van der Waals surface area contributed by atoms with Gasteiger partial charge in [0.25, 0.3) is 0 Å². The second kappa shape index (κ2) is 7.38. The van der Waals surface area contributed by atoms with Gasteiger partial charge in [0.1, 0.15) is 0 Å². The van der Waals surface area contributed by atoms with Crippen molar-refractivity contribution in [3.63, 3.8) is 0 Å². The van der Waals surface area contributed by atoms with Crippen molar-refractivity contribution in [2.24, 2.45) is 0 Å². The van der Waals surface area contributed by atoms with Crippen molar-refractivity contribution < 1.29 is 0 Å². The highest BCUT2D eigenvalue weighted by Gasteiger charge is 2.18. The molecule has 0 N–H and O–H groups in total. The summed E-state index contributed by atoms with van der Waals surface area (Å²) >= 11 is 3.77. The van der Waals surface area contributed by atoms with Crippen molar-refractivity contribution in [2.45, 2.75) is 36.5 Å². The second-order valence-corrected chi connectivity index (χ2v) is 9.08. The third-order valence-electron chi connectivity index (χ3n) is 4.84. The Kier molecular flexibility index (Phi) is 4.97. The zero-order valence-corrected chi connectivity index (χ0v) is 16.8. The van der Waals surface area contributed by atoms with Gasteiger partial charge in [0.2, 0.25) is 0 Å². The Balaban J connectivity index is 1.58. The quantitative estimate of drug-likeness (QED) is 0.506. The highest BCUT2D eigenvalue weighted by Crippen LogP contribution is 2.48. The molecule has 4 rings (SSSR count). The van der Waals surface area contributed by atoms with Gasteiger partial charge in [-0.1, -0.05) is 72.6 Å². The van der Waals surface area contributed by atoms with Gasteiger partial charge >= 0.3 is 0 Å². The highest BCUT2D eigenvalue weighted by molar-refractivity contribution is 8.09. The van der Waals surface area contributed by atoms with Crippen molar-refractivity contribution in [2.75, 3.05) is 0 Å². The Bertz CT molecular complexity index is 974. The number of hydrogen-bond donors (Lipinski definition) is 0. The summed E-state index contributed by atoms with van der Waals surface area (Å²) in [6.07, 6.45) is 11.2. The van der Waals surface area contributed by atoms with Crippen LogP contribution in [0.15, 0.2) is 80.8 Å². The van der Waals surface area contributed by atoms with Crippen LogP contribution < -0.4 is 0 Å². The lowest BCUT2D eigenvalue weighted by molar-refractivity contribution is 0.967. The van der Waals surface area contributed by atoms with Crippen LogP contribution in [0, 0.1) is 6.92 Å². The van der Waals surface area contributed by atoms with Crippen LogP contribution in [0.4, 0.5) is 0 Å². The molecule has 2 aliphatic rings. The molecule has 1 heterocycles. The average Bonchev–Trinajstić information content (AvgIpc) is 2.65. The molecule has 2 aromatic carbocycles. The van der Waals surface area contributed by atoms with E-state index in [1.165, 1.54) is 41.9 Å². The zero-order chi connectivity index (χ0) is 18.1. The molecule has 0 nitrogen and oxygen atoms in total. The van der Waals surface area contributed by atoms with Crippen molar-refractivity contribution in [1.29, 1.82) is 0 Å². The van der Waals surface area contributed by atoms with Gasteiger partial charge in [-0.15, -0.1) is 0 Å². The molecule has 2 aromatic rings. The summed E-state index contributed by atoms with van der Waals surface area (Å²) in [6, 6.07) is 13.2. The molecule has 0 amide bonds.